The molecule has 0 aromatic carbocycles. The van der Waals surface area contributed by atoms with Gasteiger partial charge in [-0.15, -0.1) is 0 Å². The van der Waals surface area contributed by atoms with E-state index < -0.39 is 112 Å². The molecule has 12 N–H and O–H groups in total. The first-order valence-electron chi connectivity index (χ1n) is 26.9. The number of hydrogen-bond donors (Lipinski definition) is 12. The van der Waals surface area contributed by atoms with E-state index in [4.69, 9.17) is 42.6 Å². The summed E-state index contributed by atoms with van der Waals surface area (Å²) < 4.78 is 54.9. The van der Waals surface area contributed by atoms with Crippen molar-refractivity contribution >= 4 is 0 Å². The van der Waals surface area contributed by atoms with Crippen molar-refractivity contribution in [1.82, 2.24) is 0 Å². The van der Waals surface area contributed by atoms with Gasteiger partial charge in [0.2, 0.25) is 0 Å². The first-order chi connectivity index (χ1) is 34.3. The molecule has 26 atom stereocenters. The van der Waals surface area contributed by atoms with Crippen molar-refractivity contribution in [3.63, 3.8) is 0 Å². The molecule has 4 aliphatic carbocycles. The van der Waals surface area contributed by atoms with Crippen molar-refractivity contribution in [2.45, 2.75) is 209 Å². The average molecular weight is 1040 g/mol. The summed E-state index contributed by atoms with van der Waals surface area (Å²) in [6.45, 7) is 10.5. The zero-order chi connectivity index (χ0) is 52.2. The fraction of sp³-hybridized carbons (Fsp3) is 1.00. The molecule has 0 spiro atoms. The third kappa shape index (κ3) is 12.4. The van der Waals surface area contributed by atoms with Crippen LogP contribution >= 0.6 is 0 Å². The Hall–Kier alpha value is -0.840. The van der Waals surface area contributed by atoms with Gasteiger partial charge in [-0.3, -0.25) is 0 Å². The molecule has 0 aromatic rings. The van der Waals surface area contributed by atoms with Crippen molar-refractivity contribution < 1.29 is 104 Å². The summed E-state index contributed by atoms with van der Waals surface area (Å²) in [6, 6.07) is 0. The number of aliphatic hydroxyl groups is 12. The van der Waals surface area contributed by atoms with E-state index in [2.05, 4.69) is 34.6 Å². The largest absolute Gasteiger partial charge is 0.394 e. The van der Waals surface area contributed by atoms with Crippen molar-refractivity contribution in [1.29, 1.82) is 0 Å². The average Bonchev–Trinajstić information content (AvgIpc) is 3.73. The van der Waals surface area contributed by atoms with Gasteiger partial charge in [0, 0.05) is 5.41 Å². The van der Waals surface area contributed by atoms with Gasteiger partial charge < -0.3 is 104 Å². The van der Waals surface area contributed by atoms with E-state index in [-0.39, 0.29) is 92.5 Å². The first-order valence-corrected chi connectivity index (χ1v) is 26.9. The third-order valence-corrected chi connectivity index (χ3v) is 18.5. The van der Waals surface area contributed by atoms with E-state index in [0.717, 1.165) is 64.2 Å². The smallest absolute Gasteiger partial charge is 0.186 e. The van der Waals surface area contributed by atoms with E-state index in [1.165, 1.54) is 0 Å². The van der Waals surface area contributed by atoms with Gasteiger partial charge in [-0.05, 0) is 91.8 Å². The first kappa shape index (κ1) is 58.8. The van der Waals surface area contributed by atoms with E-state index >= 15 is 0 Å². The lowest BCUT2D eigenvalue weighted by Crippen LogP contribution is -2.63. The summed E-state index contributed by atoms with van der Waals surface area (Å²) >= 11 is 0. The topological polar surface area (TPSA) is 326 Å². The molecule has 72 heavy (non-hydrogen) atoms. The maximum Gasteiger partial charge on any atom is 0.186 e. The maximum atomic E-state index is 10.7. The van der Waals surface area contributed by atoms with Crippen LogP contribution in [0.1, 0.15) is 98.8 Å². The van der Waals surface area contributed by atoms with Gasteiger partial charge in [-0.2, -0.15) is 0 Å². The minimum absolute atomic E-state index is 0.0102. The number of fused-ring (bicyclic) bond motifs is 5. The minimum Gasteiger partial charge on any atom is -0.394 e. The van der Waals surface area contributed by atoms with E-state index in [1.807, 2.05) is 0 Å². The molecule has 0 radical (unpaired) electrons. The molecule has 0 amide bonds. The Morgan fingerprint density at radius 3 is 1.46 bits per heavy atom. The standard InChI is InChI=1S/C51H90O21/c1-25(2)7-6-8-26(3)29-9-10-30-37-31(21-36(51(29,30)5)66-15-18-69-49-46(63)43(60)40(57)35(24-54)72-49)50(4)12-11-28(64-13-16-67-47-44(61)41(58)38(55)33(22-52)70-47)19-27(50)20-32(37)65-14-17-68-48-45(62)42(59)39(56)34(23-53)71-48/h25-49,52-63H,6-24H2,1-5H3/t26-,27+,28-,29-,30+,31+,32-,33?,34?,35?,36+,37+,38-,39-,40-,41?,42?,43?,44+,45+,46+,47-,48-,49-,50+,51-/m1/s1. The lowest BCUT2D eigenvalue weighted by Gasteiger charge is -2.64. The van der Waals surface area contributed by atoms with Gasteiger partial charge >= 0.3 is 0 Å². The Balaban J connectivity index is 1.09. The number of hydrogen-bond acceptors (Lipinski definition) is 21. The van der Waals surface area contributed by atoms with Crippen LogP contribution in [0.15, 0.2) is 0 Å². The molecule has 7 aliphatic rings. The quantitative estimate of drug-likeness (QED) is 0.0543. The summed E-state index contributed by atoms with van der Waals surface area (Å²) in [5.74, 6) is 2.05. The molecule has 0 bridgehead atoms. The summed E-state index contributed by atoms with van der Waals surface area (Å²) in [7, 11) is 0. The van der Waals surface area contributed by atoms with Crippen LogP contribution in [0.2, 0.25) is 0 Å². The normalized spacial score (nSPS) is 48.0. The Morgan fingerprint density at radius 2 is 0.972 bits per heavy atom. The Morgan fingerprint density at radius 1 is 0.500 bits per heavy atom. The molecule has 6 unspecified atom stereocenters. The van der Waals surface area contributed by atoms with Crippen LogP contribution < -0.4 is 0 Å². The monoisotopic (exact) mass is 1040 g/mol. The summed E-state index contributed by atoms with van der Waals surface area (Å²) in [5.41, 5.74) is -0.402. The van der Waals surface area contributed by atoms with E-state index in [9.17, 15) is 61.3 Å². The number of ether oxygens (including phenoxy) is 9. The van der Waals surface area contributed by atoms with Gasteiger partial charge in [-0.25, -0.2) is 0 Å². The van der Waals surface area contributed by atoms with Crippen LogP contribution in [0.4, 0.5) is 0 Å². The molecule has 3 heterocycles. The molecular formula is C51H90O21. The Labute approximate surface area is 423 Å². The third-order valence-electron chi connectivity index (χ3n) is 18.5. The highest BCUT2D eigenvalue weighted by Gasteiger charge is 2.67. The fourth-order valence-corrected chi connectivity index (χ4v) is 14.4. The lowest BCUT2D eigenvalue weighted by molar-refractivity contribution is -0.305. The van der Waals surface area contributed by atoms with Gasteiger partial charge in [-0.1, -0.05) is 53.9 Å². The van der Waals surface area contributed by atoms with Crippen LogP contribution in [-0.4, -0.2) is 231 Å². The van der Waals surface area contributed by atoms with Gasteiger partial charge in [0.05, 0.1) is 77.8 Å². The summed E-state index contributed by atoms with van der Waals surface area (Å²) in [4.78, 5) is 0. The lowest BCUT2D eigenvalue weighted by atomic mass is 9.43. The predicted molar refractivity (Wildman–Crippen MR) is 252 cm³/mol. The molecule has 0 aromatic heterocycles. The van der Waals surface area contributed by atoms with Crippen LogP contribution in [0.25, 0.3) is 0 Å². The predicted octanol–water partition coefficient (Wildman–Crippen LogP) is -1.07. The molecular weight excluding hydrogens is 949 g/mol. The Bertz CT molecular complexity index is 1630. The summed E-state index contributed by atoms with van der Waals surface area (Å²) in [6.07, 6.45) is -12.1. The highest BCUT2D eigenvalue weighted by atomic mass is 16.7. The second-order valence-electron chi connectivity index (χ2n) is 23.1. The molecule has 3 saturated heterocycles. The molecule has 21 nitrogen and oxygen atoms in total. The fourth-order valence-electron chi connectivity index (χ4n) is 14.4. The SMILES string of the molecule is CC(C)CCC[C@@H](C)[C@H]1CC[C@H]2[C@@H]3[C@H](OCCO[C@@H]4OC(CO)[C@@H](O)C(O)[C@@H]4O)C[C@@H]4C[C@H](OCCO[C@@H]5OC(CO)[C@@H](O)C(O)[C@@H]5O)CC[C@]4(C)[C@H]3C[C@H](OCCO[C@@H]3OC(CO)[C@@H](O)C(O)[C@@H]3O)[C@]12C. The zero-order valence-corrected chi connectivity index (χ0v) is 42.9. The van der Waals surface area contributed by atoms with E-state index in [0.29, 0.717) is 17.8 Å². The summed E-state index contributed by atoms with van der Waals surface area (Å²) in [5, 5.41) is 123. The maximum absolute atomic E-state index is 10.7. The Kier molecular flexibility index (Phi) is 21.0. The molecule has 4 saturated carbocycles. The second kappa shape index (κ2) is 25.7. The molecule has 21 heteroatoms. The van der Waals surface area contributed by atoms with Crippen LogP contribution in [0, 0.1) is 52.3 Å². The highest BCUT2D eigenvalue weighted by molar-refractivity contribution is 5.15. The number of aliphatic hydroxyl groups excluding tert-OH is 12. The highest BCUT2D eigenvalue weighted by Crippen LogP contribution is 2.69. The number of rotatable bonds is 23. The van der Waals surface area contributed by atoms with Crippen molar-refractivity contribution in [3.05, 3.63) is 0 Å². The van der Waals surface area contributed by atoms with Gasteiger partial charge in [0.1, 0.15) is 73.2 Å². The molecule has 420 valence electrons. The zero-order valence-electron chi connectivity index (χ0n) is 42.9. The van der Waals surface area contributed by atoms with Gasteiger partial charge in [0.25, 0.3) is 0 Å². The van der Waals surface area contributed by atoms with Crippen LogP contribution in [-0.2, 0) is 42.6 Å². The van der Waals surface area contributed by atoms with Crippen molar-refractivity contribution in [3.8, 4) is 0 Å². The van der Waals surface area contributed by atoms with E-state index in [1.54, 1.807) is 0 Å². The molecule has 7 rings (SSSR count). The van der Waals surface area contributed by atoms with Crippen LogP contribution in [0.3, 0.4) is 0 Å². The molecule has 3 aliphatic heterocycles. The second-order valence-corrected chi connectivity index (χ2v) is 23.1. The minimum atomic E-state index is -1.57. The van der Waals surface area contributed by atoms with Crippen LogP contribution in [0.5, 0.6) is 0 Å². The van der Waals surface area contributed by atoms with Crippen molar-refractivity contribution in [2.24, 2.45) is 52.3 Å². The molecule has 7 fully saturated rings. The van der Waals surface area contributed by atoms with Crippen molar-refractivity contribution in [2.75, 3.05) is 59.5 Å². The van der Waals surface area contributed by atoms with Gasteiger partial charge in [0.15, 0.2) is 18.9 Å².